The fourth-order valence-electron chi connectivity index (χ4n) is 3.34. The lowest BCUT2D eigenvalue weighted by atomic mass is 9.96. The molecule has 0 aliphatic heterocycles. The molecule has 0 amide bonds. The number of pyridine rings is 1. The molecule has 3 aromatic rings. The highest BCUT2D eigenvalue weighted by Crippen LogP contribution is 2.24. The number of nitrogens with zero attached hydrogens (tertiary/aromatic N) is 1. The van der Waals surface area contributed by atoms with Crippen LogP contribution in [0.3, 0.4) is 0 Å². The van der Waals surface area contributed by atoms with Crippen LogP contribution in [0.4, 0.5) is 0 Å². The second kappa shape index (κ2) is 6.82. The van der Waals surface area contributed by atoms with Crippen LogP contribution in [0, 0.1) is 0 Å². The molecule has 2 nitrogen and oxygen atoms in total. The van der Waals surface area contributed by atoms with E-state index >= 15 is 0 Å². The van der Waals surface area contributed by atoms with E-state index in [1.54, 1.807) is 0 Å². The van der Waals surface area contributed by atoms with Gasteiger partial charge in [0.15, 0.2) is 0 Å². The summed E-state index contributed by atoms with van der Waals surface area (Å²) in [6.07, 6.45) is 3.83. The number of benzene rings is 2. The first-order valence-corrected chi connectivity index (χ1v) is 8.48. The minimum Gasteiger partial charge on any atom is -0.277 e. The Hall–Kier alpha value is -2.35. The molecular formula is C21H23NO. The zero-order chi connectivity index (χ0) is 16.2. The van der Waals surface area contributed by atoms with Crippen LogP contribution >= 0.6 is 0 Å². The molecule has 2 aromatic carbocycles. The lowest BCUT2D eigenvalue weighted by Crippen LogP contribution is -2.25. The summed E-state index contributed by atoms with van der Waals surface area (Å²) in [4.78, 5) is 13.2. The molecule has 1 heterocycles. The summed E-state index contributed by atoms with van der Waals surface area (Å²) in [6, 6.07) is 18.2. The van der Waals surface area contributed by atoms with Gasteiger partial charge in [0, 0.05) is 16.6 Å². The highest BCUT2D eigenvalue weighted by molar-refractivity contribution is 5.85. The molecule has 118 valence electrons. The molecule has 0 spiro atoms. The third-order valence-corrected chi connectivity index (χ3v) is 4.31. The maximum absolute atomic E-state index is 13.2. The van der Waals surface area contributed by atoms with E-state index < -0.39 is 0 Å². The second-order valence-electron chi connectivity index (χ2n) is 5.95. The molecule has 0 N–H and O–H groups in total. The van der Waals surface area contributed by atoms with Crippen molar-refractivity contribution < 1.29 is 0 Å². The summed E-state index contributed by atoms with van der Waals surface area (Å²) in [5.41, 5.74) is 4.31. The SMILES string of the molecule is CCCc1c(CCC)c2ccccc2n(-c2ccccc2)c1=O. The predicted molar refractivity (Wildman–Crippen MR) is 97.5 cm³/mol. The second-order valence-corrected chi connectivity index (χ2v) is 5.95. The minimum absolute atomic E-state index is 0.139. The quantitative estimate of drug-likeness (QED) is 0.657. The van der Waals surface area contributed by atoms with Crippen LogP contribution in [-0.2, 0) is 12.8 Å². The summed E-state index contributed by atoms with van der Waals surface area (Å²) in [5, 5.41) is 1.21. The van der Waals surface area contributed by atoms with Gasteiger partial charge in [-0.2, -0.15) is 0 Å². The predicted octanol–water partition coefficient (Wildman–Crippen LogP) is 4.90. The van der Waals surface area contributed by atoms with Crippen LogP contribution in [0.25, 0.3) is 16.6 Å². The first-order chi connectivity index (χ1) is 11.3. The molecule has 0 atom stereocenters. The zero-order valence-corrected chi connectivity index (χ0v) is 13.9. The van der Waals surface area contributed by atoms with E-state index in [4.69, 9.17) is 0 Å². The van der Waals surface area contributed by atoms with Crippen LogP contribution in [0.5, 0.6) is 0 Å². The standard InChI is InChI=1S/C21H23NO/c1-3-10-17-18-14-8-9-15-20(18)22(16-12-6-5-7-13-16)21(23)19(17)11-4-2/h5-9,12-15H,3-4,10-11H2,1-2H3. The van der Waals surface area contributed by atoms with Crippen LogP contribution in [0.15, 0.2) is 59.4 Å². The van der Waals surface area contributed by atoms with Gasteiger partial charge in [0.05, 0.1) is 5.52 Å². The van der Waals surface area contributed by atoms with E-state index in [0.717, 1.165) is 42.5 Å². The van der Waals surface area contributed by atoms with Crippen molar-refractivity contribution in [2.45, 2.75) is 39.5 Å². The van der Waals surface area contributed by atoms with Crippen LogP contribution < -0.4 is 5.56 Å². The smallest absolute Gasteiger partial charge is 0.259 e. The number of fused-ring (bicyclic) bond motifs is 1. The zero-order valence-electron chi connectivity index (χ0n) is 13.9. The molecule has 0 radical (unpaired) electrons. The Morgan fingerprint density at radius 1 is 0.783 bits per heavy atom. The average Bonchev–Trinajstić information content (AvgIpc) is 2.59. The summed E-state index contributed by atoms with van der Waals surface area (Å²) >= 11 is 0. The largest absolute Gasteiger partial charge is 0.277 e. The molecule has 23 heavy (non-hydrogen) atoms. The number of para-hydroxylation sites is 2. The molecule has 0 aliphatic rings. The molecule has 0 unspecified atom stereocenters. The Morgan fingerprint density at radius 3 is 2.09 bits per heavy atom. The van der Waals surface area contributed by atoms with Gasteiger partial charge in [-0.3, -0.25) is 9.36 Å². The monoisotopic (exact) mass is 305 g/mol. The van der Waals surface area contributed by atoms with Gasteiger partial charge in [0.25, 0.3) is 5.56 Å². The maximum atomic E-state index is 13.2. The Bertz CT molecular complexity index is 862. The van der Waals surface area contributed by atoms with Crippen molar-refractivity contribution in [2.75, 3.05) is 0 Å². The highest BCUT2D eigenvalue weighted by Gasteiger charge is 2.16. The van der Waals surface area contributed by atoms with Gasteiger partial charge in [-0.1, -0.05) is 63.1 Å². The van der Waals surface area contributed by atoms with Crippen molar-refractivity contribution >= 4 is 10.9 Å². The molecule has 1 aromatic heterocycles. The van der Waals surface area contributed by atoms with E-state index in [0.29, 0.717) is 0 Å². The summed E-state index contributed by atoms with van der Waals surface area (Å²) in [7, 11) is 0. The first-order valence-electron chi connectivity index (χ1n) is 8.48. The molecule has 0 fully saturated rings. The number of aromatic nitrogens is 1. The molecule has 0 bridgehead atoms. The summed E-state index contributed by atoms with van der Waals surface area (Å²) in [6.45, 7) is 4.31. The molecule has 0 aliphatic carbocycles. The lowest BCUT2D eigenvalue weighted by Gasteiger charge is -2.17. The Balaban J connectivity index is 2.43. The Morgan fingerprint density at radius 2 is 1.39 bits per heavy atom. The van der Waals surface area contributed by atoms with Crippen molar-refractivity contribution in [1.29, 1.82) is 0 Å². The van der Waals surface area contributed by atoms with Crippen LogP contribution in [-0.4, -0.2) is 4.57 Å². The Kier molecular flexibility index (Phi) is 4.61. The van der Waals surface area contributed by atoms with Gasteiger partial charge in [0.1, 0.15) is 0 Å². The number of aryl methyl sites for hydroxylation is 1. The van der Waals surface area contributed by atoms with Crippen molar-refractivity contribution in [3.05, 3.63) is 76.1 Å². The van der Waals surface area contributed by atoms with Gasteiger partial charge < -0.3 is 0 Å². The van der Waals surface area contributed by atoms with Gasteiger partial charge in [-0.05, 0) is 36.6 Å². The molecule has 2 heteroatoms. The van der Waals surface area contributed by atoms with Gasteiger partial charge in [0.2, 0.25) is 0 Å². The molecule has 0 saturated heterocycles. The van der Waals surface area contributed by atoms with E-state index in [1.807, 2.05) is 41.0 Å². The minimum atomic E-state index is 0.139. The van der Waals surface area contributed by atoms with Gasteiger partial charge >= 0.3 is 0 Å². The van der Waals surface area contributed by atoms with E-state index in [9.17, 15) is 4.79 Å². The van der Waals surface area contributed by atoms with Crippen LogP contribution in [0.1, 0.15) is 37.8 Å². The van der Waals surface area contributed by atoms with Crippen molar-refractivity contribution in [3.63, 3.8) is 0 Å². The normalized spacial score (nSPS) is 11.0. The van der Waals surface area contributed by atoms with Crippen molar-refractivity contribution in [3.8, 4) is 5.69 Å². The van der Waals surface area contributed by atoms with E-state index in [1.165, 1.54) is 10.9 Å². The van der Waals surface area contributed by atoms with Crippen molar-refractivity contribution in [2.24, 2.45) is 0 Å². The Labute approximate surface area is 137 Å². The molecular weight excluding hydrogens is 282 g/mol. The van der Waals surface area contributed by atoms with E-state index in [2.05, 4.69) is 32.0 Å². The third kappa shape index (κ3) is 2.81. The average molecular weight is 305 g/mol. The first kappa shape index (κ1) is 15.5. The lowest BCUT2D eigenvalue weighted by molar-refractivity contribution is 0.837. The summed E-state index contributed by atoms with van der Waals surface area (Å²) in [5.74, 6) is 0. The summed E-state index contributed by atoms with van der Waals surface area (Å²) < 4.78 is 1.87. The third-order valence-electron chi connectivity index (χ3n) is 4.31. The van der Waals surface area contributed by atoms with Crippen LogP contribution in [0.2, 0.25) is 0 Å². The topological polar surface area (TPSA) is 22.0 Å². The van der Waals surface area contributed by atoms with Gasteiger partial charge in [-0.15, -0.1) is 0 Å². The number of hydrogen-bond donors (Lipinski definition) is 0. The fourth-order valence-corrected chi connectivity index (χ4v) is 3.34. The molecule has 3 rings (SSSR count). The van der Waals surface area contributed by atoms with E-state index in [-0.39, 0.29) is 5.56 Å². The maximum Gasteiger partial charge on any atom is 0.259 e. The number of hydrogen-bond acceptors (Lipinski definition) is 1. The van der Waals surface area contributed by atoms with Gasteiger partial charge in [-0.25, -0.2) is 0 Å². The molecule has 0 saturated carbocycles. The number of rotatable bonds is 5. The van der Waals surface area contributed by atoms with Crippen molar-refractivity contribution in [1.82, 2.24) is 4.57 Å². The highest BCUT2D eigenvalue weighted by atomic mass is 16.1. The fraction of sp³-hybridized carbons (Fsp3) is 0.286.